The first-order valence-electron chi connectivity index (χ1n) is 4.97. The van der Waals surface area contributed by atoms with Crippen LogP contribution in [0.5, 0.6) is 0 Å². The lowest BCUT2D eigenvalue weighted by Crippen LogP contribution is -2.27. The van der Waals surface area contributed by atoms with Crippen molar-refractivity contribution in [3.63, 3.8) is 0 Å². The van der Waals surface area contributed by atoms with Gasteiger partial charge in [0, 0.05) is 12.1 Å². The summed E-state index contributed by atoms with van der Waals surface area (Å²) in [7, 11) is 0. The molecule has 0 radical (unpaired) electrons. The van der Waals surface area contributed by atoms with Crippen LogP contribution in [0.1, 0.15) is 30.0 Å². The third-order valence-electron chi connectivity index (χ3n) is 2.68. The summed E-state index contributed by atoms with van der Waals surface area (Å²) >= 11 is 0. The van der Waals surface area contributed by atoms with Crippen LogP contribution >= 0.6 is 0 Å². The number of pyridine rings is 1. The average molecular weight is 187 g/mol. The third-order valence-corrected chi connectivity index (χ3v) is 2.68. The van der Waals surface area contributed by atoms with Crippen LogP contribution in [0.2, 0.25) is 0 Å². The van der Waals surface area contributed by atoms with Gasteiger partial charge in [-0.1, -0.05) is 0 Å². The van der Waals surface area contributed by atoms with Gasteiger partial charge in [-0.15, -0.1) is 0 Å². The number of nitrogens with one attached hydrogen (secondary N) is 1. The summed E-state index contributed by atoms with van der Waals surface area (Å²) in [6.07, 6.45) is 3.95. The van der Waals surface area contributed by atoms with Gasteiger partial charge >= 0.3 is 0 Å². The highest BCUT2D eigenvalue weighted by molar-refractivity contribution is 5.34. The van der Waals surface area contributed by atoms with Gasteiger partial charge in [0.05, 0.1) is 11.3 Å². The molecule has 0 saturated carbocycles. The Morgan fingerprint density at radius 1 is 1.43 bits per heavy atom. The van der Waals surface area contributed by atoms with Crippen molar-refractivity contribution in [3.05, 3.63) is 29.6 Å². The molecule has 0 aromatic carbocycles. The molecule has 3 heteroatoms. The Balaban J connectivity index is 2.26. The summed E-state index contributed by atoms with van der Waals surface area (Å²) in [5.41, 5.74) is 1.72. The highest BCUT2D eigenvalue weighted by atomic mass is 14.9. The lowest BCUT2D eigenvalue weighted by atomic mass is 9.91. The topological polar surface area (TPSA) is 48.7 Å². The van der Waals surface area contributed by atoms with Crippen molar-refractivity contribution in [2.24, 2.45) is 0 Å². The van der Waals surface area contributed by atoms with Gasteiger partial charge in [0.15, 0.2) is 0 Å². The Morgan fingerprint density at radius 3 is 2.93 bits per heavy atom. The maximum absolute atomic E-state index is 8.94. The molecule has 3 nitrogen and oxygen atoms in total. The number of nitrogens with zero attached hydrogens (tertiary/aromatic N) is 2. The molecule has 0 unspecified atom stereocenters. The smallest absolute Gasteiger partial charge is 0.101 e. The second-order valence-corrected chi connectivity index (χ2v) is 3.57. The zero-order chi connectivity index (χ0) is 9.80. The van der Waals surface area contributed by atoms with E-state index in [1.54, 1.807) is 6.20 Å². The van der Waals surface area contributed by atoms with Crippen molar-refractivity contribution in [1.82, 2.24) is 10.3 Å². The molecular formula is C11H13N3. The van der Waals surface area contributed by atoms with Crippen LogP contribution in [0.15, 0.2) is 18.3 Å². The number of hydrogen-bond acceptors (Lipinski definition) is 3. The molecule has 14 heavy (non-hydrogen) atoms. The molecule has 0 bridgehead atoms. The molecule has 1 aromatic heterocycles. The van der Waals surface area contributed by atoms with Crippen LogP contribution in [-0.4, -0.2) is 18.1 Å². The largest absolute Gasteiger partial charge is 0.317 e. The Kier molecular flexibility index (Phi) is 2.76. The summed E-state index contributed by atoms with van der Waals surface area (Å²) < 4.78 is 0. The van der Waals surface area contributed by atoms with Crippen molar-refractivity contribution < 1.29 is 0 Å². The molecular weight excluding hydrogens is 174 g/mol. The van der Waals surface area contributed by atoms with Crippen LogP contribution in [0.3, 0.4) is 0 Å². The third kappa shape index (κ3) is 1.75. The zero-order valence-corrected chi connectivity index (χ0v) is 8.03. The van der Waals surface area contributed by atoms with Crippen LogP contribution in [-0.2, 0) is 0 Å². The minimum Gasteiger partial charge on any atom is -0.317 e. The molecule has 1 saturated heterocycles. The number of hydrogen-bond donors (Lipinski definition) is 1. The maximum atomic E-state index is 8.94. The summed E-state index contributed by atoms with van der Waals surface area (Å²) in [6, 6.07) is 5.88. The van der Waals surface area contributed by atoms with E-state index in [-0.39, 0.29) is 0 Å². The molecule has 2 heterocycles. The van der Waals surface area contributed by atoms with Crippen LogP contribution in [0.4, 0.5) is 0 Å². The normalized spacial score (nSPS) is 17.6. The first-order chi connectivity index (χ1) is 6.92. The summed E-state index contributed by atoms with van der Waals surface area (Å²) in [6.45, 7) is 2.07. The Hall–Kier alpha value is -1.40. The molecule has 0 aliphatic carbocycles. The number of aromatic nitrogens is 1. The number of piperidine rings is 1. The van der Waals surface area contributed by atoms with E-state index in [0.717, 1.165) is 37.2 Å². The predicted octanol–water partition coefficient (Wildman–Crippen LogP) is 1.42. The predicted molar refractivity (Wildman–Crippen MR) is 53.8 cm³/mol. The summed E-state index contributed by atoms with van der Waals surface area (Å²) in [5, 5.41) is 12.3. The SMILES string of the molecule is N#Cc1cccnc1C1CCNCC1. The van der Waals surface area contributed by atoms with E-state index in [2.05, 4.69) is 16.4 Å². The van der Waals surface area contributed by atoms with Crippen molar-refractivity contribution >= 4 is 0 Å². The minimum atomic E-state index is 0.465. The second-order valence-electron chi connectivity index (χ2n) is 3.57. The molecule has 1 N–H and O–H groups in total. The van der Waals surface area contributed by atoms with Crippen molar-refractivity contribution in [2.75, 3.05) is 13.1 Å². The van der Waals surface area contributed by atoms with Gasteiger partial charge in [0.25, 0.3) is 0 Å². The highest BCUT2D eigenvalue weighted by Gasteiger charge is 2.18. The standard InChI is InChI=1S/C11H13N3/c12-8-10-2-1-5-14-11(10)9-3-6-13-7-4-9/h1-2,5,9,13H,3-4,6-7H2. The fraction of sp³-hybridized carbons (Fsp3) is 0.455. The van der Waals surface area contributed by atoms with Crippen molar-refractivity contribution in [3.8, 4) is 6.07 Å². The Bertz CT molecular complexity index is 348. The van der Waals surface area contributed by atoms with E-state index in [9.17, 15) is 0 Å². The lowest BCUT2D eigenvalue weighted by molar-refractivity contribution is 0.452. The molecule has 0 amide bonds. The van der Waals surface area contributed by atoms with Gasteiger partial charge in [-0.3, -0.25) is 4.98 Å². The average Bonchev–Trinajstić information content (AvgIpc) is 2.30. The van der Waals surface area contributed by atoms with E-state index in [1.807, 2.05) is 12.1 Å². The van der Waals surface area contributed by atoms with E-state index >= 15 is 0 Å². The first kappa shape index (κ1) is 9.17. The highest BCUT2D eigenvalue weighted by Crippen LogP contribution is 2.25. The van der Waals surface area contributed by atoms with E-state index < -0.39 is 0 Å². The Labute approximate surface area is 83.8 Å². The summed E-state index contributed by atoms with van der Waals surface area (Å²) in [4.78, 5) is 4.32. The van der Waals surface area contributed by atoms with E-state index in [0.29, 0.717) is 5.92 Å². The van der Waals surface area contributed by atoms with Gasteiger partial charge in [-0.2, -0.15) is 5.26 Å². The fourth-order valence-corrected chi connectivity index (χ4v) is 1.93. The van der Waals surface area contributed by atoms with Crippen LogP contribution < -0.4 is 5.32 Å². The van der Waals surface area contributed by atoms with Crippen molar-refractivity contribution in [1.29, 1.82) is 5.26 Å². The number of rotatable bonds is 1. The first-order valence-corrected chi connectivity index (χ1v) is 4.97. The maximum Gasteiger partial charge on any atom is 0.101 e. The molecule has 2 rings (SSSR count). The van der Waals surface area contributed by atoms with E-state index in [1.165, 1.54) is 0 Å². The zero-order valence-electron chi connectivity index (χ0n) is 8.03. The Morgan fingerprint density at radius 2 is 2.21 bits per heavy atom. The molecule has 0 spiro atoms. The van der Waals surface area contributed by atoms with Gasteiger partial charge in [-0.25, -0.2) is 0 Å². The van der Waals surface area contributed by atoms with Crippen LogP contribution in [0.25, 0.3) is 0 Å². The monoisotopic (exact) mass is 187 g/mol. The molecule has 1 fully saturated rings. The van der Waals surface area contributed by atoms with Gasteiger partial charge in [0.2, 0.25) is 0 Å². The lowest BCUT2D eigenvalue weighted by Gasteiger charge is -2.22. The second kappa shape index (κ2) is 4.21. The molecule has 72 valence electrons. The van der Waals surface area contributed by atoms with Crippen molar-refractivity contribution in [2.45, 2.75) is 18.8 Å². The van der Waals surface area contributed by atoms with Gasteiger partial charge in [0.1, 0.15) is 6.07 Å². The van der Waals surface area contributed by atoms with Gasteiger partial charge < -0.3 is 5.32 Å². The summed E-state index contributed by atoms with van der Waals surface area (Å²) in [5.74, 6) is 0.465. The van der Waals surface area contributed by atoms with Gasteiger partial charge in [-0.05, 0) is 38.1 Å². The molecule has 0 atom stereocenters. The van der Waals surface area contributed by atoms with Crippen LogP contribution in [0, 0.1) is 11.3 Å². The minimum absolute atomic E-state index is 0.465. The number of nitriles is 1. The fourth-order valence-electron chi connectivity index (χ4n) is 1.93. The molecule has 1 aliphatic rings. The molecule has 1 aliphatic heterocycles. The molecule has 1 aromatic rings. The quantitative estimate of drug-likeness (QED) is 0.723. The van der Waals surface area contributed by atoms with E-state index in [4.69, 9.17) is 5.26 Å².